The Labute approximate surface area is 95.5 Å². The maximum atomic E-state index is 12.2. The Bertz CT molecular complexity index is 377. The minimum Gasteiger partial charge on any atom is -0.333 e. The molecule has 5 nitrogen and oxygen atoms in total. The van der Waals surface area contributed by atoms with Crippen LogP contribution in [0.1, 0.15) is 24.5 Å². The zero-order valence-corrected chi connectivity index (χ0v) is 9.97. The molecule has 1 N–H and O–H groups in total. The van der Waals surface area contributed by atoms with E-state index in [9.17, 15) is 4.79 Å². The maximum Gasteiger partial charge on any atom is 0.289 e. The second-order valence-corrected chi connectivity index (χ2v) is 4.54. The molecule has 1 aromatic rings. The highest BCUT2D eigenvalue weighted by Crippen LogP contribution is 2.08. The van der Waals surface area contributed by atoms with Crippen LogP contribution in [0.3, 0.4) is 0 Å². The van der Waals surface area contributed by atoms with E-state index in [-0.39, 0.29) is 5.91 Å². The van der Waals surface area contributed by atoms with Gasteiger partial charge < -0.3 is 14.8 Å². The van der Waals surface area contributed by atoms with Crippen LogP contribution >= 0.6 is 0 Å². The fourth-order valence-corrected chi connectivity index (χ4v) is 2.21. The molecule has 2 heterocycles. The molecule has 0 saturated carbocycles. The number of carbonyl (C=O) groups is 1. The van der Waals surface area contributed by atoms with Gasteiger partial charge in [0.25, 0.3) is 5.91 Å². The average molecular weight is 222 g/mol. The fraction of sp³-hybridized carbons (Fsp3) is 0.636. The largest absolute Gasteiger partial charge is 0.333 e. The van der Waals surface area contributed by atoms with Crippen LogP contribution < -0.4 is 5.32 Å². The van der Waals surface area contributed by atoms with E-state index in [4.69, 9.17) is 0 Å². The lowest BCUT2D eigenvalue weighted by molar-refractivity contribution is 0.0658. The summed E-state index contributed by atoms with van der Waals surface area (Å²) in [6, 6.07) is 0.681. The van der Waals surface area contributed by atoms with Gasteiger partial charge in [-0.05, 0) is 13.8 Å². The molecule has 5 heteroatoms. The van der Waals surface area contributed by atoms with Crippen molar-refractivity contribution >= 4 is 5.91 Å². The predicted octanol–water partition coefficient (Wildman–Crippen LogP) is 0.242. The highest BCUT2D eigenvalue weighted by atomic mass is 16.2. The average Bonchev–Trinajstić information content (AvgIpc) is 2.62. The van der Waals surface area contributed by atoms with Crippen molar-refractivity contribution in [1.82, 2.24) is 19.8 Å². The van der Waals surface area contributed by atoms with E-state index in [0.29, 0.717) is 17.9 Å². The van der Waals surface area contributed by atoms with Gasteiger partial charge in [0.15, 0.2) is 5.82 Å². The van der Waals surface area contributed by atoms with E-state index < -0.39 is 0 Å². The van der Waals surface area contributed by atoms with Crippen molar-refractivity contribution in [3.8, 4) is 0 Å². The van der Waals surface area contributed by atoms with E-state index in [1.165, 1.54) is 0 Å². The molecular weight excluding hydrogens is 204 g/mol. The Morgan fingerprint density at radius 2 is 2.06 bits per heavy atom. The molecule has 1 aromatic heterocycles. The summed E-state index contributed by atoms with van der Waals surface area (Å²) in [6.07, 6.45) is 3.45. The lowest BCUT2D eigenvalue weighted by Gasteiger charge is -2.35. The summed E-state index contributed by atoms with van der Waals surface area (Å²) in [5.41, 5.74) is 0. The molecule has 0 bridgehead atoms. The summed E-state index contributed by atoms with van der Waals surface area (Å²) >= 11 is 0. The summed E-state index contributed by atoms with van der Waals surface area (Å²) in [4.78, 5) is 18.1. The van der Waals surface area contributed by atoms with Gasteiger partial charge in [-0.15, -0.1) is 0 Å². The standard InChI is InChI=1S/C11H18N4O/c1-8-6-15(7-9(2)13-8)11(16)10-12-4-5-14(10)3/h4-5,8-9,13H,6-7H2,1-3H3. The Kier molecular flexibility index (Phi) is 2.96. The molecule has 0 aliphatic carbocycles. The fourth-order valence-electron chi connectivity index (χ4n) is 2.21. The smallest absolute Gasteiger partial charge is 0.289 e. The van der Waals surface area contributed by atoms with Crippen LogP contribution in [0, 0.1) is 0 Å². The molecule has 2 atom stereocenters. The van der Waals surface area contributed by atoms with E-state index in [2.05, 4.69) is 24.1 Å². The van der Waals surface area contributed by atoms with Gasteiger partial charge in [0.05, 0.1) is 0 Å². The van der Waals surface area contributed by atoms with E-state index in [1.54, 1.807) is 17.0 Å². The lowest BCUT2D eigenvalue weighted by Crippen LogP contribution is -2.56. The molecule has 1 aliphatic heterocycles. The first-order chi connectivity index (χ1) is 7.58. The number of hydrogen-bond donors (Lipinski definition) is 1. The van der Waals surface area contributed by atoms with Gasteiger partial charge in [0.2, 0.25) is 0 Å². The van der Waals surface area contributed by atoms with Crippen molar-refractivity contribution in [2.75, 3.05) is 13.1 Å². The van der Waals surface area contributed by atoms with Crippen LogP contribution in [0.2, 0.25) is 0 Å². The molecule has 0 aromatic carbocycles. The summed E-state index contributed by atoms with van der Waals surface area (Å²) in [6.45, 7) is 5.68. The number of rotatable bonds is 1. The minimum absolute atomic E-state index is 0.0210. The molecule has 1 saturated heterocycles. The summed E-state index contributed by atoms with van der Waals surface area (Å²) in [5.74, 6) is 0.536. The number of aromatic nitrogens is 2. The summed E-state index contributed by atoms with van der Waals surface area (Å²) in [7, 11) is 1.84. The van der Waals surface area contributed by atoms with Gasteiger partial charge in [-0.3, -0.25) is 4.79 Å². The third kappa shape index (κ3) is 2.09. The second kappa shape index (κ2) is 4.25. The summed E-state index contributed by atoms with van der Waals surface area (Å²) < 4.78 is 1.76. The van der Waals surface area contributed by atoms with E-state index in [1.807, 2.05) is 11.9 Å². The highest BCUT2D eigenvalue weighted by molar-refractivity contribution is 5.90. The molecule has 88 valence electrons. The third-order valence-corrected chi connectivity index (χ3v) is 2.86. The molecule has 1 aliphatic rings. The van der Waals surface area contributed by atoms with Crippen molar-refractivity contribution in [1.29, 1.82) is 0 Å². The van der Waals surface area contributed by atoms with Crippen molar-refractivity contribution in [2.24, 2.45) is 7.05 Å². The van der Waals surface area contributed by atoms with Gasteiger partial charge in [-0.2, -0.15) is 0 Å². The maximum absolute atomic E-state index is 12.2. The number of piperazine rings is 1. The summed E-state index contributed by atoms with van der Waals surface area (Å²) in [5, 5.41) is 3.40. The topological polar surface area (TPSA) is 50.2 Å². The third-order valence-electron chi connectivity index (χ3n) is 2.86. The number of nitrogens with zero attached hydrogens (tertiary/aromatic N) is 3. The van der Waals surface area contributed by atoms with Crippen molar-refractivity contribution in [2.45, 2.75) is 25.9 Å². The Morgan fingerprint density at radius 1 is 1.44 bits per heavy atom. The normalized spacial score (nSPS) is 25.8. The van der Waals surface area contributed by atoms with Gasteiger partial charge in [0.1, 0.15) is 0 Å². The van der Waals surface area contributed by atoms with Crippen LogP contribution in [0.15, 0.2) is 12.4 Å². The molecule has 0 radical (unpaired) electrons. The molecule has 16 heavy (non-hydrogen) atoms. The number of carbonyl (C=O) groups excluding carboxylic acids is 1. The van der Waals surface area contributed by atoms with Crippen LogP contribution in [0.4, 0.5) is 0 Å². The second-order valence-electron chi connectivity index (χ2n) is 4.54. The highest BCUT2D eigenvalue weighted by Gasteiger charge is 2.27. The SMILES string of the molecule is CC1CN(C(=O)c2nccn2C)CC(C)N1. The molecule has 1 fully saturated rings. The van der Waals surface area contributed by atoms with Crippen molar-refractivity contribution < 1.29 is 4.79 Å². The Hall–Kier alpha value is -1.36. The molecule has 1 amide bonds. The van der Waals surface area contributed by atoms with Crippen molar-refractivity contribution in [3.63, 3.8) is 0 Å². The van der Waals surface area contributed by atoms with Crippen LogP contribution in [-0.2, 0) is 7.05 Å². The molecular formula is C11H18N4O. The zero-order valence-electron chi connectivity index (χ0n) is 9.97. The molecule has 2 rings (SSSR count). The molecule has 0 spiro atoms. The number of hydrogen-bond acceptors (Lipinski definition) is 3. The van der Waals surface area contributed by atoms with Crippen LogP contribution in [0.25, 0.3) is 0 Å². The first kappa shape index (κ1) is 11.1. The van der Waals surface area contributed by atoms with Gasteiger partial charge in [-0.25, -0.2) is 4.98 Å². The zero-order chi connectivity index (χ0) is 11.7. The number of amides is 1. The number of imidazole rings is 1. The van der Waals surface area contributed by atoms with Crippen LogP contribution in [0.5, 0.6) is 0 Å². The number of nitrogens with one attached hydrogen (secondary N) is 1. The van der Waals surface area contributed by atoms with Crippen molar-refractivity contribution in [3.05, 3.63) is 18.2 Å². The first-order valence-corrected chi connectivity index (χ1v) is 5.60. The minimum atomic E-state index is 0.0210. The van der Waals surface area contributed by atoms with E-state index in [0.717, 1.165) is 13.1 Å². The Morgan fingerprint density at radius 3 is 2.56 bits per heavy atom. The first-order valence-electron chi connectivity index (χ1n) is 5.60. The Balaban J connectivity index is 2.13. The van der Waals surface area contributed by atoms with Gasteiger partial charge >= 0.3 is 0 Å². The monoisotopic (exact) mass is 222 g/mol. The number of aryl methyl sites for hydroxylation is 1. The molecule has 2 unspecified atom stereocenters. The van der Waals surface area contributed by atoms with E-state index >= 15 is 0 Å². The lowest BCUT2D eigenvalue weighted by atomic mass is 10.1. The predicted molar refractivity (Wildman–Crippen MR) is 61.2 cm³/mol. The van der Waals surface area contributed by atoms with Crippen LogP contribution in [-0.4, -0.2) is 45.5 Å². The quantitative estimate of drug-likeness (QED) is 0.740. The van der Waals surface area contributed by atoms with Gasteiger partial charge in [-0.1, -0.05) is 0 Å². The van der Waals surface area contributed by atoms with Gasteiger partial charge in [0, 0.05) is 44.6 Å².